The van der Waals surface area contributed by atoms with Crippen LogP contribution in [0.2, 0.25) is 0 Å². The molecule has 0 unspecified atom stereocenters. The van der Waals surface area contributed by atoms with Gasteiger partial charge in [0.15, 0.2) is 0 Å². The molecule has 0 aliphatic heterocycles. The molecule has 0 saturated heterocycles. The number of halogens is 3. The molecule has 0 aromatic heterocycles. The third-order valence-corrected chi connectivity index (χ3v) is 2.77. The Kier molecular flexibility index (Phi) is 3.70. The van der Waals surface area contributed by atoms with Gasteiger partial charge in [-0.1, -0.05) is 25.5 Å². The van der Waals surface area contributed by atoms with Crippen LogP contribution in [0, 0.1) is 17.5 Å². The van der Waals surface area contributed by atoms with E-state index < -0.39 is 17.5 Å². The Morgan fingerprint density at radius 3 is 1.94 bits per heavy atom. The lowest BCUT2D eigenvalue weighted by Gasteiger charge is -2.08. The van der Waals surface area contributed by atoms with Gasteiger partial charge < -0.3 is 0 Å². The lowest BCUT2D eigenvalue weighted by molar-refractivity contribution is 0.585. The average Bonchev–Trinajstić information content (AvgIpc) is 2.31. The van der Waals surface area contributed by atoms with Crippen LogP contribution in [-0.4, -0.2) is 0 Å². The van der Waals surface area contributed by atoms with Crippen molar-refractivity contribution in [3.63, 3.8) is 0 Å². The average molecular weight is 250 g/mol. The summed E-state index contributed by atoms with van der Waals surface area (Å²) in [7, 11) is 0. The van der Waals surface area contributed by atoms with Crippen LogP contribution in [0.15, 0.2) is 36.4 Å². The fraction of sp³-hybridized carbons (Fsp3) is 0.200. The van der Waals surface area contributed by atoms with Gasteiger partial charge in [-0.05, 0) is 41.8 Å². The van der Waals surface area contributed by atoms with Gasteiger partial charge in [0.1, 0.15) is 17.5 Å². The number of rotatable bonds is 3. The van der Waals surface area contributed by atoms with Gasteiger partial charge in [0.2, 0.25) is 0 Å². The van der Waals surface area contributed by atoms with Crippen molar-refractivity contribution in [2.45, 2.75) is 19.8 Å². The Bertz CT molecular complexity index is 521. The SMILES string of the molecule is CCCc1cc(F)c(-c2ccc(F)cc2)c(F)c1. The Labute approximate surface area is 104 Å². The van der Waals surface area contributed by atoms with Crippen LogP contribution >= 0.6 is 0 Å². The van der Waals surface area contributed by atoms with Gasteiger partial charge in [0.05, 0.1) is 5.56 Å². The highest BCUT2D eigenvalue weighted by atomic mass is 19.1. The third kappa shape index (κ3) is 2.55. The van der Waals surface area contributed by atoms with Crippen LogP contribution in [0.1, 0.15) is 18.9 Å². The van der Waals surface area contributed by atoms with Crippen molar-refractivity contribution in [3.05, 3.63) is 59.4 Å². The first-order valence-electron chi connectivity index (χ1n) is 5.85. The maximum atomic E-state index is 13.9. The van der Waals surface area contributed by atoms with Crippen molar-refractivity contribution in [2.24, 2.45) is 0 Å². The lowest BCUT2D eigenvalue weighted by Crippen LogP contribution is -1.94. The Balaban J connectivity index is 2.48. The van der Waals surface area contributed by atoms with Gasteiger partial charge in [-0.25, -0.2) is 13.2 Å². The topological polar surface area (TPSA) is 0 Å². The number of benzene rings is 2. The first-order chi connectivity index (χ1) is 8.61. The number of aryl methyl sites for hydroxylation is 1. The molecule has 2 aromatic rings. The fourth-order valence-corrected chi connectivity index (χ4v) is 1.95. The minimum absolute atomic E-state index is 0.102. The highest BCUT2D eigenvalue weighted by Gasteiger charge is 2.13. The van der Waals surface area contributed by atoms with Crippen molar-refractivity contribution < 1.29 is 13.2 Å². The second-order valence-corrected chi connectivity index (χ2v) is 4.19. The van der Waals surface area contributed by atoms with Gasteiger partial charge in [0.25, 0.3) is 0 Å². The molecule has 0 saturated carbocycles. The van der Waals surface area contributed by atoms with Crippen LogP contribution in [-0.2, 0) is 6.42 Å². The monoisotopic (exact) mass is 250 g/mol. The largest absolute Gasteiger partial charge is 0.207 e. The number of hydrogen-bond donors (Lipinski definition) is 0. The maximum Gasteiger partial charge on any atom is 0.134 e. The van der Waals surface area contributed by atoms with Crippen LogP contribution in [0.25, 0.3) is 11.1 Å². The molecule has 0 bridgehead atoms. The molecule has 2 rings (SSSR count). The van der Waals surface area contributed by atoms with E-state index in [0.717, 1.165) is 6.42 Å². The molecule has 0 fully saturated rings. The summed E-state index contributed by atoms with van der Waals surface area (Å²) in [5.41, 5.74) is 0.877. The summed E-state index contributed by atoms with van der Waals surface area (Å²) in [6, 6.07) is 7.80. The van der Waals surface area contributed by atoms with E-state index in [1.165, 1.54) is 36.4 Å². The fourth-order valence-electron chi connectivity index (χ4n) is 1.95. The van der Waals surface area contributed by atoms with E-state index in [0.29, 0.717) is 17.5 Å². The first-order valence-corrected chi connectivity index (χ1v) is 5.85. The Hall–Kier alpha value is -1.77. The predicted octanol–water partition coefficient (Wildman–Crippen LogP) is 4.72. The van der Waals surface area contributed by atoms with Gasteiger partial charge in [-0.3, -0.25) is 0 Å². The predicted molar refractivity (Wildman–Crippen MR) is 65.7 cm³/mol. The van der Waals surface area contributed by atoms with Crippen molar-refractivity contribution in [1.29, 1.82) is 0 Å². The van der Waals surface area contributed by atoms with Crippen molar-refractivity contribution >= 4 is 0 Å². The van der Waals surface area contributed by atoms with E-state index >= 15 is 0 Å². The zero-order valence-electron chi connectivity index (χ0n) is 10.0. The minimum atomic E-state index is -0.606. The smallest absolute Gasteiger partial charge is 0.134 e. The molecule has 2 aromatic carbocycles. The Morgan fingerprint density at radius 1 is 0.889 bits per heavy atom. The molecule has 0 spiro atoms. The van der Waals surface area contributed by atoms with Crippen molar-refractivity contribution in [3.8, 4) is 11.1 Å². The first kappa shape index (κ1) is 12.7. The van der Waals surface area contributed by atoms with Crippen LogP contribution in [0.5, 0.6) is 0 Å². The van der Waals surface area contributed by atoms with Crippen LogP contribution in [0.3, 0.4) is 0 Å². The van der Waals surface area contributed by atoms with E-state index in [2.05, 4.69) is 0 Å². The van der Waals surface area contributed by atoms with E-state index in [9.17, 15) is 13.2 Å². The van der Waals surface area contributed by atoms with Crippen LogP contribution < -0.4 is 0 Å². The molecule has 0 atom stereocenters. The molecule has 18 heavy (non-hydrogen) atoms. The second kappa shape index (κ2) is 5.25. The lowest BCUT2D eigenvalue weighted by atomic mass is 10.0. The highest BCUT2D eigenvalue weighted by molar-refractivity contribution is 5.65. The zero-order chi connectivity index (χ0) is 13.1. The zero-order valence-corrected chi connectivity index (χ0v) is 10.0. The van der Waals surface area contributed by atoms with Crippen molar-refractivity contribution in [1.82, 2.24) is 0 Å². The third-order valence-electron chi connectivity index (χ3n) is 2.77. The van der Waals surface area contributed by atoms with E-state index in [1.807, 2.05) is 6.92 Å². The summed E-state index contributed by atoms with van der Waals surface area (Å²) in [6.45, 7) is 1.95. The summed E-state index contributed by atoms with van der Waals surface area (Å²) in [6.07, 6.45) is 1.46. The van der Waals surface area contributed by atoms with E-state index in [-0.39, 0.29) is 5.56 Å². The normalized spacial score (nSPS) is 10.7. The van der Waals surface area contributed by atoms with Gasteiger partial charge >= 0.3 is 0 Å². The molecule has 94 valence electrons. The van der Waals surface area contributed by atoms with Gasteiger partial charge in [0, 0.05) is 0 Å². The molecule has 0 amide bonds. The summed E-state index contributed by atoms with van der Waals surface area (Å²) in [5, 5.41) is 0. The maximum absolute atomic E-state index is 13.9. The quantitative estimate of drug-likeness (QED) is 0.739. The summed E-state index contributed by atoms with van der Waals surface area (Å²) in [4.78, 5) is 0. The molecule has 0 heterocycles. The minimum Gasteiger partial charge on any atom is -0.207 e. The standard InChI is InChI=1S/C15H13F3/c1-2-3-10-8-13(17)15(14(18)9-10)11-4-6-12(16)7-5-11/h4-9H,2-3H2,1H3. The molecule has 0 aliphatic carbocycles. The molecule has 0 nitrogen and oxygen atoms in total. The molecule has 0 radical (unpaired) electrons. The van der Waals surface area contributed by atoms with Crippen molar-refractivity contribution in [2.75, 3.05) is 0 Å². The number of hydrogen-bond acceptors (Lipinski definition) is 0. The Morgan fingerprint density at radius 2 is 1.44 bits per heavy atom. The molecular formula is C15H13F3. The highest BCUT2D eigenvalue weighted by Crippen LogP contribution is 2.27. The van der Waals surface area contributed by atoms with Gasteiger partial charge in [-0.2, -0.15) is 0 Å². The van der Waals surface area contributed by atoms with E-state index in [4.69, 9.17) is 0 Å². The molecule has 3 heteroatoms. The van der Waals surface area contributed by atoms with Crippen LogP contribution in [0.4, 0.5) is 13.2 Å². The molecule has 0 aliphatic rings. The van der Waals surface area contributed by atoms with E-state index in [1.54, 1.807) is 0 Å². The molecular weight excluding hydrogens is 237 g/mol. The van der Waals surface area contributed by atoms with Gasteiger partial charge in [-0.15, -0.1) is 0 Å². The summed E-state index contributed by atoms with van der Waals surface area (Å²) < 4.78 is 40.6. The summed E-state index contributed by atoms with van der Waals surface area (Å²) >= 11 is 0. The summed E-state index contributed by atoms with van der Waals surface area (Å²) in [5.74, 6) is -1.64. The molecule has 0 N–H and O–H groups in total. The second-order valence-electron chi connectivity index (χ2n) is 4.19.